The summed E-state index contributed by atoms with van der Waals surface area (Å²) in [6.45, 7) is 0.0445. The molecule has 0 aliphatic heterocycles. The summed E-state index contributed by atoms with van der Waals surface area (Å²) in [4.78, 5) is 0. The van der Waals surface area contributed by atoms with Crippen LogP contribution >= 0.6 is 0 Å². The van der Waals surface area contributed by atoms with Crippen molar-refractivity contribution in [2.45, 2.75) is 24.9 Å². The van der Waals surface area contributed by atoms with Gasteiger partial charge in [-0.15, -0.1) is 0 Å². The van der Waals surface area contributed by atoms with Crippen LogP contribution in [0.4, 0.5) is 0 Å². The van der Waals surface area contributed by atoms with Crippen LogP contribution in [0.1, 0.15) is 24.0 Å². The Hall–Kier alpha value is -0.910. The highest BCUT2D eigenvalue weighted by molar-refractivity contribution is 7.88. The Morgan fingerprint density at radius 1 is 1.41 bits per heavy atom. The molecule has 0 spiro atoms. The van der Waals surface area contributed by atoms with Gasteiger partial charge in [0.1, 0.15) is 5.60 Å². The van der Waals surface area contributed by atoms with Crippen LogP contribution in [-0.4, -0.2) is 26.3 Å². The van der Waals surface area contributed by atoms with E-state index in [1.807, 2.05) is 24.3 Å². The molecule has 0 saturated carbocycles. The highest BCUT2D eigenvalue weighted by Gasteiger charge is 2.34. The topological polar surface area (TPSA) is 66.4 Å². The Bertz CT molecular complexity index is 512. The van der Waals surface area contributed by atoms with E-state index in [0.717, 1.165) is 30.2 Å². The van der Waals surface area contributed by atoms with E-state index < -0.39 is 15.6 Å². The zero-order chi connectivity index (χ0) is 12.5. The van der Waals surface area contributed by atoms with Crippen molar-refractivity contribution in [2.75, 3.05) is 12.8 Å². The minimum atomic E-state index is -3.27. The third-order valence-corrected chi connectivity index (χ3v) is 3.85. The zero-order valence-electron chi connectivity index (χ0n) is 9.81. The van der Waals surface area contributed by atoms with Gasteiger partial charge in [0.25, 0.3) is 0 Å². The Kier molecular flexibility index (Phi) is 3.25. The molecule has 0 fully saturated rings. The fourth-order valence-electron chi connectivity index (χ4n) is 2.33. The van der Waals surface area contributed by atoms with Crippen LogP contribution in [0.25, 0.3) is 0 Å². The van der Waals surface area contributed by atoms with Gasteiger partial charge in [-0.3, -0.25) is 0 Å². The SMILES string of the molecule is CS(=O)(=O)NCC1(O)CCCc2ccccc21. The van der Waals surface area contributed by atoms with Gasteiger partial charge >= 0.3 is 0 Å². The number of hydrogen-bond acceptors (Lipinski definition) is 3. The number of hydrogen-bond donors (Lipinski definition) is 2. The van der Waals surface area contributed by atoms with Crippen molar-refractivity contribution in [3.63, 3.8) is 0 Å². The molecular formula is C12H17NO3S. The fourth-order valence-corrected chi connectivity index (χ4v) is 2.83. The smallest absolute Gasteiger partial charge is 0.208 e. The van der Waals surface area contributed by atoms with Crippen LogP contribution in [0.3, 0.4) is 0 Å². The molecule has 1 aliphatic carbocycles. The summed E-state index contributed by atoms with van der Waals surface area (Å²) < 4.78 is 24.6. The van der Waals surface area contributed by atoms with Gasteiger partial charge < -0.3 is 5.11 Å². The monoisotopic (exact) mass is 255 g/mol. The van der Waals surface area contributed by atoms with E-state index in [4.69, 9.17) is 0 Å². The maximum Gasteiger partial charge on any atom is 0.208 e. The molecule has 2 N–H and O–H groups in total. The molecule has 0 radical (unpaired) electrons. The third kappa shape index (κ3) is 2.86. The van der Waals surface area contributed by atoms with Gasteiger partial charge in [0.2, 0.25) is 10.0 Å². The lowest BCUT2D eigenvalue weighted by Crippen LogP contribution is -2.42. The van der Waals surface area contributed by atoms with Gasteiger partial charge in [-0.1, -0.05) is 24.3 Å². The summed E-state index contributed by atoms with van der Waals surface area (Å²) >= 11 is 0. The van der Waals surface area contributed by atoms with Crippen LogP contribution in [0, 0.1) is 0 Å². The first kappa shape index (κ1) is 12.5. The average molecular weight is 255 g/mol. The Morgan fingerprint density at radius 2 is 2.12 bits per heavy atom. The van der Waals surface area contributed by atoms with Crippen LogP contribution in [0.5, 0.6) is 0 Å². The first-order valence-corrected chi connectivity index (χ1v) is 7.55. The standard InChI is InChI=1S/C12H17NO3S/c1-17(15,16)13-9-12(14)8-4-6-10-5-2-3-7-11(10)12/h2-3,5,7,13-14H,4,6,8-9H2,1H3. The average Bonchev–Trinajstić information content (AvgIpc) is 2.27. The molecule has 0 aromatic heterocycles. The van der Waals surface area contributed by atoms with E-state index in [9.17, 15) is 13.5 Å². The van der Waals surface area contributed by atoms with Gasteiger partial charge in [-0.2, -0.15) is 0 Å². The molecule has 0 bridgehead atoms. The Labute approximate surface area is 102 Å². The van der Waals surface area contributed by atoms with E-state index in [1.54, 1.807) is 0 Å². The number of aryl methyl sites for hydroxylation is 1. The number of sulfonamides is 1. The molecule has 1 aromatic rings. The fraction of sp³-hybridized carbons (Fsp3) is 0.500. The lowest BCUT2D eigenvalue weighted by molar-refractivity contribution is 0.0243. The molecule has 4 nitrogen and oxygen atoms in total. The van der Waals surface area contributed by atoms with Crippen molar-refractivity contribution in [1.29, 1.82) is 0 Å². The van der Waals surface area contributed by atoms with Crippen molar-refractivity contribution >= 4 is 10.0 Å². The van der Waals surface area contributed by atoms with Crippen LogP contribution in [0.15, 0.2) is 24.3 Å². The summed E-state index contributed by atoms with van der Waals surface area (Å²) in [6.07, 6.45) is 3.51. The molecule has 94 valence electrons. The molecule has 2 rings (SSSR count). The lowest BCUT2D eigenvalue weighted by atomic mass is 9.79. The number of aliphatic hydroxyl groups is 1. The highest BCUT2D eigenvalue weighted by atomic mass is 32.2. The molecular weight excluding hydrogens is 238 g/mol. The van der Waals surface area contributed by atoms with E-state index in [-0.39, 0.29) is 6.54 Å². The minimum Gasteiger partial charge on any atom is -0.384 e. The maximum atomic E-state index is 11.1. The van der Waals surface area contributed by atoms with Gasteiger partial charge in [0, 0.05) is 6.54 Å². The molecule has 1 atom stereocenters. The van der Waals surface area contributed by atoms with Gasteiger partial charge in [0.05, 0.1) is 6.26 Å². The van der Waals surface area contributed by atoms with Gasteiger partial charge in [0.15, 0.2) is 0 Å². The number of nitrogens with one attached hydrogen (secondary N) is 1. The minimum absolute atomic E-state index is 0.0445. The molecule has 17 heavy (non-hydrogen) atoms. The molecule has 0 saturated heterocycles. The van der Waals surface area contributed by atoms with Crippen LogP contribution in [-0.2, 0) is 22.0 Å². The zero-order valence-corrected chi connectivity index (χ0v) is 10.6. The summed E-state index contributed by atoms with van der Waals surface area (Å²) in [5.74, 6) is 0. The number of fused-ring (bicyclic) bond motifs is 1. The lowest BCUT2D eigenvalue weighted by Gasteiger charge is -2.34. The van der Waals surface area contributed by atoms with Crippen molar-refractivity contribution in [3.8, 4) is 0 Å². The summed E-state index contributed by atoms with van der Waals surface area (Å²) in [6, 6.07) is 7.67. The van der Waals surface area contributed by atoms with Gasteiger partial charge in [-0.25, -0.2) is 13.1 Å². The molecule has 0 amide bonds. The molecule has 5 heteroatoms. The van der Waals surface area contributed by atoms with Crippen molar-refractivity contribution < 1.29 is 13.5 Å². The number of rotatable bonds is 3. The van der Waals surface area contributed by atoms with E-state index in [1.165, 1.54) is 0 Å². The highest BCUT2D eigenvalue weighted by Crippen LogP contribution is 2.34. The van der Waals surface area contributed by atoms with E-state index >= 15 is 0 Å². The Balaban J connectivity index is 2.27. The summed E-state index contributed by atoms with van der Waals surface area (Å²) in [5, 5.41) is 10.6. The van der Waals surface area contributed by atoms with E-state index in [2.05, 4.69) is 4.72 Å². The predicted molar refractivity (Wildman–Crippen MR) is 66.1 cm³/mol. The second-order valence-corrected chi connectivity index (χ2v) is 6.47. The normalized spacial score (nSPS) is 24.4. The first-order chi connectivity index (χ1) is 7.91. The maximum absolute atomic E-state index is 11.1. The van der Waals surface area contributed by atoms with Crippen molar-refractivity contribution in [3.05, 3.63) is 35.4 Å². The Morgan fingerprint density at radius 3 is 2.82 bits per heavy atom. The van der Waals surface area contributed by atoms with Crippen LogP contribution < -0.4 is 4.72 Å². The number of benzene rings is 1. The molecule has 1 aliphatic rings. The van der Waals surface area contributed by atoms with Crippen LogP contribution in [0.2, 0.25) is 0 Å². The second kappa shape index (κ2) is 4.40. The summed E-state index contributed by atoms with van der Waals surface area (Å²) in [5.41, 5.74) is 0.886. The largest absolute Gasteiger partial charge is 0.384 e. The van der Waals surface area contributed by atoms with Crippen molar-refractivity contribution in [1.82, 2.24) is 4.72 Å². The third-order valence-electron chi connectivity index (χ3n) is 3.18. The second-order valence-electron chi connectivity index (χ2n) is 4.64. The van der Waals surface area contributed by atoms with E-state index in [0.29, 0.717) is 6.42 Å². The molecule has 1 unspecified atom stereocenters. The van der Waals surface area contributed by atoms with Crippen molar-refractivity contribution in [2.24, 2.45) is 0 Å². The first-order valence-electron chi connectivity index (χ1n) is 5.66. The molecule has 0 heterocycles. The molecule has 1 aromatic carbocycles. The summed E-state index contributed by atoms with van der Waals surface area (Å²) in [7, 11) is -3.27. The quantitative estimate of drug-likeness (QED) is 0.838. The predicted octanol–water partition coefficient (Wildman–Crippen LogP) is 0.760. The van der Waals surface area contributed by atoms with Gasteiger partial charge in [-0.05, 0) is 30.4 Å².